The predicted octanol–water partition coefficient (Wildman–Crippen LogP) is 3.28. The van der Waals surface area contributed by atoms with Crippen LogP contribution in [0.15, 0.2) is 0 Å². The molecule has 3 atom stereocenters. The van der Waals surface area contributed by atoms with E-state index in [1.54, 1.807) is 0 Å². The Labute approximate surface area is 108 Å². The summed E-state index contributed by atoms with van der Waals surface area (Å²) < 4.78 is 0. The van der Waals surface area contributed by atoms with Gasteiger partial charge in [0.2, 0.25) is 0 Å². The maximum atomic E-state index is 3.57. The third-order valence-electron chi connectivity index (χ3n) is 4.23. The summed E-state index contributed by atoms with van der Waals surface area (Å²) in [5.74, 6) is 0.905. The average molecular weight is 240 g/mol. The van der Waals surface area contributed by atoms with Crippen LogP contribution in [-0.2, 0) is 0 Å². The van der Waals surface area contributed by atoms with Gasteiger partial charge in [0.05, 0.1) is 0 Å². The highest BCUT2D eigenvalue weighted by molar-refractivity contribution is 4.77. The molecule has 0 aliphatic carbocycles. The molecule has 17 heavy (non-hydrogen) atoms. The van der Waals surface area contributed by atoms with Crippen LogP contribution in [0.2, 0.25) is 0 Å². The van der Waals surface area contributed by atoms with Crippen molar-refractivity contribution < 1.29 is 0 Å². The van der Waals surface area contributed by atoms with E-state index in [-0.39, 0.29) is 0 Å². The lowest BCUT2D eigenvalue weighted by atomic mass is 9.94. The van der Waals surface area contributed by atoms with Crippen molar-refractivity contribution in [3.05, 3.63) is 0 Å². The summed E-state index contributed by atoms with van der Waals surface area (Å²) in [6, 6.07) is 1.54. The summed E-state index contributed by atoms with van der Waals surface area (Å²) in [4.78, 5) is 2.70. The number of piperidine rings is 1. The van der Waals surface area contributed by atoms with Crippen LogP contribution < -0.4 is 5.32 Å². The topological polar surface area (TPSA) is 15.3 Å². The van der Waals surface area contributed by atoms with E-state index >= 15 is 0 Å². The van der Waals surface area contributed by atoms with Crippen molar-refractivity contribution in [2.45, 2.75) is 71.9 Å². The molecule has 1 N–H and O–H groups in total. The summed E-state index contributed by atoms with van der Waals surface area (Å²) in [7, 11) is 0. The molecule has 0 aromatic heterocycles. The van der Waals surface area contributed by atoms with Crippen molar-refractivity contribution in [2.24, 2.45) is 5.92 Å². The zero-order chi connectivity index (χ0) is 12.7. The Morgan fingerprint density at radius 3 is 2.65 bits per heavy atom. The predicted molar refractivity (Wildman–Crippen MR) is 76.4 cm³/mol. The van der Waals surface area contributed by atoms with E-state index < -0.39 is 0 Å². The summed E-state index contributed by atoms with van der Waals surface area (Å²) in [6.45, 7) is 13.0. The number of hydrogen-bond acceptors (Lipinski definition) is 2. The van der Waals surface area contributed by atoms with Crippen LogP contribution in [0.25, 0.3) is 0 Å². The van der Waals surface area contributed by atoms with Crippen molar-refractivity contribution in [2.75, 3.05) is 19.6 Å². The third kappa shape index (κ3) is 5.39. The fraction of sp³-hybridized carbons (Fsp3) is 1.00. The van der Waals surface area contributed by atoms with Gasteiger partial charge in [-0.15, -0.1) is 0 Å². The second kappa shape index (κ2) is 8.10. The molecule has 1 saturated heterocycles. The molecule has 0 aromatic rings. The highest BCUT2D eigenvalue weighted by Crippen LogP contribution is 2.21. The van der Waals surface area contributed by atoms with Crippen LogP contribution in [0.4, 0.5) is 0 Å². The van der Waals surface area contributed by atoms with Crippen LogP contribution >= 0.6 is 0 Å². The van der Waals surface area contributed by atoms with Gasteiger partial charge in [-0.1, -0.05) is 20.8 Å². The van der Waals surface area contributed by atoms with Gasteiger partial charge in [0, 0.05) is 18.6 Å². The van der Waals surface area contributed by atoms with Crippen molar-refractivity contribution in [3.8, 4) is 0 Å². The molecule has 0 bridgehead atoms. The smallest absolute Gasteiger partial charge is 0.00671 e. The largest absolute Gasteiger partial charge is 0.314 e. The maximum absolute atomic E-state index is 3.57. The zero-order valence-corrected chi connectivity index (χ0v) is 12.3. The van der Waals surface area contributed by atoms with Crippen LogP contribution in [0.1, 0.15) is 59.8 Å². The molecular formula is C15H32N2. The summed E-state index contributed by atoms with van der Waals surface area (Å²) in [5.41, 5.74) is 0. The molecule has 0 amide bonds. The fourth-order valence-electron chi connectivity index (χ4n) is 2.97. The molecule has 0 saturated carbocycles. The maximum Gasteiger partial charge on any atom is 0.00671 e. The Morgan fingerprint density at radius 2 is 2.00 bits per heavy atom. The average Bonchev–Trinajstić information content (AvgIpc) is 2.32. The number of hydrogen-bond donors (Lipinski definition) is 1. The zero-order valence-electron chi connectivity index (χ0n) is 12.3. The second-order valence-corrected chi connectivity index (χ2v) is 5.83. The van der Waals surface area contributed by atoms with Gasteiger partial charge < -0.3 is 10.2 Å². The SMILES string of the molecule is CCNC(CC)CCCN1CC(C)CCC1C. The molecule has 1 rings (SSSR count). The standard InChI is InChI=1S/C15H32N2/c1-5-15(16-6-2)8-7-11-17-12-13(3)9-10-14(17)4/h13-16H,5-12H2,1-4H3. The first-order valence-corrected chi connectivity index (χ1v) is 7.64. The van der Waals surface area contributed by atoms with E-state index in [1.807, 2.05) is 0 Å². The molecular weight excluding hydrogens is 208 g/mol. The molecule has 2 nitrogen and oxygen atoms in total. The molecule has 3 unspecified atom stereocenters. The first-order valence-electron chi connectivity index (χ1n) is 7.64. The number of nitrogens with one attached hydrogen (secondary N) is 1. The van der Waals surface area contributed by atoms with Crippen LogP contribution in [-0.4, -0.2) is 36.6 Å². The Balaban J connectivity index is 2.20. The van der Waals surface area contributed by atoms with Gasteiger partial charge in [0.15, 0.2) is 0 Å². The van der Waals surface area contributed by atoms with E-state index in [1.165, 1.54) is 45.2 Å². The van der Waals surface area contributed by atoms with Crippen molar-refractivity contribution in [1.82, 2.24) is 10.2 Å². The first kappa shape index (κ1) is 15.0. The highest BCUT2D eigenvalue weighted by Gasteiger charge is 2.22. The molecule has 0 aromatic carbocycles. The lowest BCUT2D eigenvalue weighted by Crippen LogP contribution is -2.41. The van der Waals surface area contributed by atoms with E-state index in [0.717, 1.165) is 24.5 Å². The molecule has 1 heterocycles. The Morgan fingerprint density at radius 1 is 1.24 bits per heavy atom. The van der Waals surface area contributed by atoms with Crippen LogP contribution in [0, 0.1) is 5.92 Å². The minimum Gasteiger partial charge on any atom is -0.314 e. The van der Waals surface area contributed by atoms with Gasteiger partial charge in [0.1, 0.15) is 0 Å². The number of rotatable bonds is 7. The summed E-state index contributed by atoms with van der Waals surface area (Å²) in [6.07, 6.45) is 6.77. The minimum atomic E-state index is 0.734. The summed E-state index contributed by atoms with van der Waals surface area (Å²) >= 11 is 0. The Kier molecular flexibility index (Phi) is 7.14. The van der Waals surface area contributed by atoms with Crippen molar-refractivity contribution in [1.29, 1.82) is 0 Å². The third-order valence-corrected chi connectivity index (χ3v) is 4.23. The van der Waals surface area contributed by atoms with E-state index in [2.05, 4.69) is 37.9 Å². The van der Waals surface area contributed by atoms with Crippen LogP contribution in [0.3, 0.4) is 0 Å². The van der Waals surface area contributed by atoms with E-state index in [4.69, 9.17) is 0 Å². The van der Waals surface area contributed by atoms with Crippen molar-refractivity contribution >= 4 is 0 Å². The quantitative estimate of drug-likeness (QED) is 0.735. The Bertz CT molecular complexity index is 193. The fourth-order valence-corrected chi connectivity index (χ4v) is 2.97. The number of likely N-dealkylation sites (tertiary alicyclic amines) is 1. The first-order chi connectivity index (χ1) is 8.17. The molecule has 102 valence electrons. The highest BCUT2D eigenvalue weighted by atomic mass is 15.2. The molecule has 1 aliphatic heterocycles. The second-order valence-electron chi connectivity index (χ2n) is 5.83. The molecule has 0 spiro atoms. The van der Waals surface area contributed by atoms with E-state index in [0.29, 0.717) is 0 Å². The normalized spacial score (nSPS) is 28.2. The Hall–Kier alpha value is -0.0800. The monoisotopic (exact) mass is 240 g/mol. The summed E-state index contributed by atoms with van der Waals surface area (Å²) in [5, 5.41) is 3.57. The molecule has 2 heteroatoms. The van der Waals surface area contributed by atoms with Gasteiger partial charge in [0.25, 0.3) is 0 Å². The lowest BCUT2D eigenvalue weighted by Gasteiger charge is -2.37. The van der Waals surface area contributed by atoms with Crippen molar-refractivity contribution in [3.63, 3.8) is 0 Å². The van der Waals surface area contributed by atoms with Gasteiger partial charge in [-0.25, -0.2) is 0 Å². The van der Waals surface area contributed by atoms with Crippen LogP contribution in [0.5, 0.6) is 0 Å². The van der Waals surface area contributed by atoms with Gasteiger partial charge in [-0.2, -0.15) is 0 Å². The van der Waals surface area contributed by atoms with Gasteiger partial charge >= 0.3 is 0 Å². The molecule has 1 aliphatic rings. The number of nitrogens with zero attached hydrogens (tertiary/aromatic N) is 1. The van der Waals surface area contributed by atoms with Gasteiger partial charge in [-0.3, -0.25) is 0 Å². The lowest BCUT2D eigenvalue weighted by molar-refractivity contribution is 0.121. The molecule has 1 fully saturated rings. The molecule has 0 radical (unpaired) electrons. The minimum absolute atomic E-state index is 0.734. The van der Waals surface area contributed by atoms with Gasteiger partial charge in [-0.05, 0) is 58.0 Å². The van der Waals surface area contributed by atoms with E-state index in [9.17, 15) is 0 Å².